The second-order valence-electron chi connectivity index (χ2n) is 4.05. The van der Waals surface area contributed by atoms with Gasteiger partial charge in [0.1, 0.15) is 0 Å². The minimum atomic E-state index is -0.417. The van der Waals surface area contributed by atoms with Crippen molar-refractivity contribution in [3.05, 3.63) is 47.5 Å². The molecule has 16 heavy (non-hydrogen) atoms. The van der Waals surface area contributed by atoms with Gasteiger partial charge in [0.25, 0.3) is 0 Å². The van der Waals surface area contributed by atoms with E-state index in [1.807, 2.05) is 49.0 Å². The van der Waals surface area contributed by atoms with Crippen LogP contribution in [-0.2, 0) is 0 Å². The third kappa shape index (κ3) is 1.86. The number of benzene rings is 1. The van der Waals surface area contributed by atoms with Gasteiger partial charge in [0.15, 0.2) is 0 Å². The lowest BCUT2D eigenvalue weighted by molar-refractivity contribution is 0.199. The van der Waals surface area contributed by atoms with E-state index in [2.05, 4.69) is 4.98 Å². The zero-order chi connectivity index (χ0) is 11.7. The molecule has 1 aromatic heterocycles. The summed E-state index contributed by atoms with van der Waals surface area (Å²) in [7, 11) is 0. The van der Waals surface area contributed by atoms with E-state index < -0.39 is 6.10 Å². The highest BCUT2D eigenvalue weighted by Gasteiger charge is 2.05. The topological polar surface area (TPSA) is 38.0 Å². The first-order chi connectivity index (χ1) is 7.59. The van der Waals surface area contributed by atoms with Gasteiger partial charge in [-0.3, -0.25) is 0 Å². The Morgan fingerprint density at radius 2 is 1.81 bits per heavy atom. The molecule has 1 unspecified atom stereocenters. The number of aliphatic hydroxyl groups is 1. The van der Waals surface area contributed by atoms with Gasteiger partial charge in [0, 0.05) is 11.4 Å². The van der Waals surface area contributed by atoms with Crippen LogP contribution in [0.4, 0.5) is 0 Å². The van der Waals surface area contributed by atoms with Crippen LogP contribution in [0.25, 0.3) is 5.69 Å². The number of imidazole rings is 1. The maximum atomic E-state index is 9.42. The van der Waals surface area contributed by atoms with Gasteiger partial charge in [-0.25, -0.2) is 4.98 Å². The fourth-order valence-electron chi connectivity index (χ4n) is 1.67. The van der Waals surface area contributed by atoms with Gasteiger partial charge in [-0.15, -0.1) is 0 Å². The lowest BCUT2D eigenvalue weighted by atomic mass is 10.1. The Morgan fingerprint density at radius 3 is 2.25 bits per heavy atom. The normalized spacial score (nSPS) is 12.8. The molecule has 0 saturated heterocycles. The summed E-state index contributed by atoms with van der Waals surface area (Å²) in [6.45, 7) is 5.81. The zero-order valence-electron chi connectivity index (χ0n) is 9.81. The lowest BCUT2D eigenvalue weighted by Gasteiger charge is -2.08. The van der Waals surface area contributed by atoms with E-state index >= 15 is 0 Å². The number of aliphatic hydroxyl groups excluding tert-OH is 1. The molecule has 84 valence electrons. The molecular weight excluding hydrogens is 200 g/mol. The molecule has 0 saturated carbocycles. The Hall–Kier alpha value is -1.61. The smallest absolute Gasteiger partial charge is 0.0997 e. The molecule has 0 bridgehead atoms. The Bertz CT molecular complexity index is 483. The van der Waals surface area contributed by atoms with Gasteiger partial charge < -0.3 is 9.67 Å². The van der Waals surface area contributed by atoms with Crippen LogP contribution in [0.2, 0.25) is 0 Å². The molecule has 0 aliphatic rings. The Kier molecular flexibility index (Phi) is 2.79. The highest BCUT2D eigenvalue weighted by atomic mass is 16.3. The molecule has 1 atom stereocenters. The maximum Gasteiger partial charge on any atom is 0.0997 e. The van der Waals surface area contributed by atoms with E-state index in [0.717, 1.165) is 22.6 Å². The fraction of sp³-hybridized carbons (Fsp3) is 0.308. The van der Waals surface area contributed by atoms with Crippen LogP contribution in [0.15, 0.2) is 30.6 Å². The van der Waals surface area contributed by atoms with E-state index in [9.17, 15) is 5.11 Å². The summed E-state index contributed by atoms with van der Waals surface area (Å²) in [6, 6.07) is 7.87. The van der Waals surface area contributed by atoms with Crippen molar-refractivity contribution in [2.24, 2.45) is 0 Å². The van der Waals surface area contributed by atoms with Gasteiger partial charge in [0.2, 0.25) is 0 Å². The second kappa shape index (κ2) is 4.10. The van der Waals surface area contributed by atoms with E-state index in [-0.39, 0.29) is 0 Å². The Labute approximate surface area is 95.4 Å². The molecule has 0 radical (unpaired) electrons. The second-order valence-corrected chi connectivity index (χ2v) is 4.05. The van der Waals surface area contributed by atoms with Crippen molar-refractivity contribution < 1.29 is 5.11 Å². The summed E-state index contributed by atoms with van der Waals surface area (Å²) in [5.41, 5.74) is 4.19. The summed E-state index contributed by atoms with van der Waals surface area (Å²) >= 11 is 0. The molecular formula is C13H16N2O. The standard InChI is InChI=1S/C13H16N2O/c1-9-10(2)15(8-14-9)13-6-4-12(5-7-13)11(3)16/h4-8,11,16H,1-3H3. The van der Waals surface area contributed by atoms with Gasteiger partial charge in [-0.1, -0.05) is 12.1 Å². The molecule has 0 aliphatic heterocycles. The van der Waals surface area contributed by atoms with Crippen molar-refractivity contribution in [2.75, 3.05) is 0 Å². The molecule has 2 rings (SSSR count). The largest absolute Gasteiger partial charge is 0.389 e. The van der Waals surface area contributed by atoms with Crippen molar-refractivity contribution in [1.82, 2.24) is 9.55 Å². The molecule has 0 spiro atoms. The van der Waals surface area contributed by atoms with Crippen LogP contribution in [0.3, 0.4) is 0 Å². The van der Waals surface area contributed by atoms with E-state index in [0.29, 0.717) is 0 Å². The number of aryl methyl sites for hydroxylation is 1. The zero-order valence-corrected chi connectivity index (χ0v) is 9.81. The third-order valence-corrected chi connectivity index (χ3v) is 2.91. The van der Waals surface area contributed by atoms with Crippen LogP contribution in [-0.4, -0.2) is 14.7 Å². The lowest BCUT2D eigenvalue weighted by Crippen LogP contribution is -1.97. The fourth-order valence-corrected chi connectivity index (χ4v) is 1.67. The Morgan fingerprint density at radius 1 is 1.19 bits per heavy atom. The van der Waals surface area contributed by atoms with Crippen LogP contribution < -0.4 is 0 Å². The molecule has 1 aromatic carbocycles. The maximum absolute atomic E-state index is 9.42. The minimum Gasteiger partial charge on any atom is -0.389 e. The van der Waals surface area contributed by atoms with Gasteiger partial charge >= 0.3 is 0 Å². The summed E-state index contributed by atoms with van der Waals surface area (Å²) in [5.74, 6) is 0. The first-order valence-electron chi connectivity index (χ1n) is 5.38. The SMILES string of the molecule is Cc1ncn(-c2ccc(C(C)O)cc2)c1C. The van der Waals surface area contributed by atoms with Crippen molar-refractivity contribution in [2.45, 2.75) is 26.9 Å². The first kappa shape index (κ1) is 10.9. The predicted molar refractivity (Wildman–Crippen MR) is 63.7 cm³/mol. The Balaban J connectivity index is 2.38. The van der Waals surface area contributed by atoms with Crippen molar-refractivity contribution in [3.8, 4) is 5.69 Å². The van der Waals surface area contributed by atoms with Gasteiger partial charge in [-0.05, 0) is 38.5 Å². The monoisotopic (exact) mass is 216 g/mol. The average Bonchev–Trinajstić information content (AvgIpc) is 2.60. The molecule has 3 nitrogen and oxygen atoms in total. The summed E-state index contributed by atoms with van der Waals surface area (Å²) in [4.78, 5) is 4.26. The van der Waals surface area contributed by atoms with Crippen molar-refractivity contribution in [1.29, 1.82) is 0 Å². The predicted octanol–water partition coefficient (Wildman–Crippen LogP) is 2.54. The van der Waals surface area contributed by atoms with Gasteiger partial charge in [-0.2, -0.15) is 0 Å². The summed E-state index contributed by atoms with van der Waals surface area (Å²) < 4.78 is 2.04. The average molecular weight is 216 g/mol. The first-order valence-corrected chi connectivity index (χ1v) is 5.38. The summed E-state index contributed by atoms with van der Waals surface area (Å²) in [5, 5.41) is 9.42. The van der Waals surface area contributed by atoms with E-state index in [1.54, 1.807) is 6.92 Å². The molecule has 1 heterocycles. The van der Waals surface area contributed by atoms with Crippen LogP contribution in [0.1, 0.15) is 30.0 Å². The molecule has 0 amide bonds. The van der Waals surface area contributed by atoms with E-state index in [1.165, 1.54) is 0 Å². The number of aromatic nitrogens is 2. The third-order valence-electron chi connectivity index (χ3n) is 2.91. The highest BCUT2D eigenvalue weighted by Crippen LogP contribution is 2.17. The van der Waals surface area contributed by atoms with Gasteiger partial charge in [0.05, 0.1) is 18.1 Å². The summed E-state index contributed by atoms with van der Waals surface area (Å²) in [6.07, 6.45) is 1.40. The van der Waals surface area contributed by atoms with Crippen molar-refractivity contribution in [3.63, 3.8) is 0 Å². The number of nitrogens with zero attached hydrogens (tertiary/aromatic N) is 2. The quantitative estimate of drug-likeness (QED) is 0.837. The molecule has 0 aliphatic carbocycles. The van der Waals surface area contributed by atoms with Crippen LogP contribution >= 0.6 is 0 Å². The number of rotatable bonds is 2. The molecule has 1 N–H and O–H groups in total. The minimum absolute atomic E-state index is 0.417. The van der Waals surface area contributed by atoms with E-state index in [4.69, 9.17) is 0 Å². The number of hydrogen-bond acceptors (Lipinski definition) is 2. The number of hydrogen-bond donors (Lipinski definition) is 1. The molecule has 2 aromatic rings. The molecule has 0 fully saturated rings. The van der Waals surface area contributed by atoms with Crippen LogP contribution in [0.5, 0.6) is 0 Å². The highest BCUT2D eigenvalue weighted by molar-refractivity contribution is 5.37. The van der Waals surface area contributed by atoms with Crippen molar-refractivity contribution >= 4 is 0 Å². The molecule has 3 heteroatoms. The van der Waals surface area contributed by atoms with Crippen LogP contribution in [0, 0.1) is 13.8 Å².